The van der Waals surface area contributed by atoms with Crippen molar-refractivity contribution in [2.75, 3.05) is 0 Å². The Morgan fingerprint density at radius 1 is 1.67 bits per heavy atom. The summed E-state index contributed by atoms with van der Waals surface area (Å²) >= 11 is 0. The van der Waals surface area contributed by atoms with Crippen molar-refractivity contribution >= 4 is 12.2 Å². The van der Waals surface area contributed by atoms with E-state index in [9.17, 15) is 9.59 Å². The Morgan fingerprint density at radius 3 is 2.67 bits per heavy atom. The van der Waals surface area contributed by atoms with Gasteiger partial charge in [0.25, 0.3) is 0 Å². The number of hydrogen-bond acceptors (Lipinski definition) is 2. The van der Waals surface area contributed by atoms with E-state index in [0.29, 0.717) is 12.7 Å². The van der Waals surface area contributed by atoms with Crippen LogP contribution in [0.2, 0.25) is 0 Å². The average molecular weight is 126 g/mol. The molecule has 0 amide bonds. The van der Waals surface area contributed by atoms with Crippen LogP contribution >= 0.6 is 0 Å². The number of aldehydes is 1. The van der Waals surface area contributed by atoms with Gasteiger partial charge >= 0.3 is 0 Å². The minimum absolute atomic E-state index is 0.247. The SMILES string of the molecule is CCCCC(=C=O)C=O. The molecule has 0 unspecified atom stereocenters. The summed E-state index contributed by atoms with van der Waals surface area (Å²) < 4.78 is 0. The third kappa shape index (κ3) is 3.68. The molecule has 0 spiro atoms. The first-order valence-electron chi connectivity index (χ1n) is 3.04. The fourth-order valence-electron chi connectivity index (χ4n) is 0.501. The number of carbonyl (C=O) groups is 1. The maximum Gasteiger partial charge on any atom is 0.157 e. The van der Waals surface area contributed by atoms with E-state index in [-0.39, 0.29) is 5.57 Å². The topological polar surface area (TPSA) is 34.1 Å². The van der Waals surface area contributed by atoms with E-state index < -0.39 is 0 Å². The van der Waals surface area contributed by atoms with E-state index in [4.69, 9.17) is 0 Å². The van der Waals surface area contributed by atoms with Crippen molar-refractivity contribution in [1.29, 1.82) is 0 Å². The van der Waals surface area contributed by atoms with Gasteiger partial charge in [0, 0.05) is 0 Å². The van der Waals surface area contributed by atoms with E-state index in [1.807, 2.05) is 6.92 Å². The molecule has 0 saturated carbocycles. The highest BCUT2D eigenvalue weighted by molar-refractivity contribution is 5.85. The monoisotopic (exact) mass is 126 g/mol. The molecule has 0 aromatic carbocycles. The van der Waals surface area contributed by atoms with Crippen molar-refractivity contribution in [3.63, 3.8) is 0 Å². The smallest absolute Gasteiger partial charge is 0.157 e. The Labute approximate surface area is 54.6 Å². The van der Waals surface area contributed by atoms with E-state index >= 15 is 0 Å². The first-order chi connectivity index (χ1) is 4.35. The van der Waals surface area contributed by atoms with E-state index in [1.165, 1.54) is 0 Å². The summed E-state index contributed by atoms with van der Waals surface area (Å²) in [5, 5.41) is 0. The molecule has 0 aliphatic rings. The molecule has 2 heteroatoms. The molecule has 0 N–H and O–H groups in total. The van der Waals surface area contributed by atoms with E-state index in [0.717, 1.165) is 12.8 Å². The number of rotatable bonds is 4. The van der Waals surface area contributed by atoms with Crippen LogP contribution in [0.1, 0.15) is 26.2 Å². The van der Waals surface area contributed by atoms with Gasteiger partial charge in [-0.15, -0.1) is 0 Å². The van der Waals surface area contributed by atoms with Crippen LogP contribution in [0.15, 0.2) is 5.57 Å². The number of unbranched alkanes of at least 4 members (excludes halogenated alkanes) is 1. The van der Waals surface area contributed by atoms with Crippen LogP contribution in [0.5, 0.6) is 0 Å². The maximum atomic E-state index is 9.94. The molecular weight excluding hydrogens is 116 g/mol. The summed E-state index contributed by atoms with van der Waals surface area (Å²) in [4.78, 5) is 19.8. The Kier molecular flexibility index (Phi) is 4.75. The number of allylic oxidation sites excluding steroid dienone is 1. The van der Waals surface area contributed by atoms with E-state index in [2.05, 4.69) is 0 Å². The second-order valence-corrected chi connectivity index (χ2v) is 1.85. The molecular formula is C7H10O2. The van der Waals surface area contributed by atoms with Gasteiger partial charge in [0.15, 0.2) is 6.29 Å². The van der Waals surface area contributed by atoms with Crippen molar-refractivity contribution in [1.82, 2.24) is 0 Å². The van der Waals surface area contributed by atoms with Gasteiger partial charge in [0.1, 0.15) is 5.94 Å². The molecule has 0 aromatic rings. The number of carbonyl (C=O) groups excluding carboxylic acids is 2. The predicted octanol–water partition coefficient (Wildman–Crippen LogP) is 1.13. The molecule has 2 nitrogen and oxygen atoms in total. The molecule has 0 aromatic heterocycles. The van der Waals surface area contributed by atoms with Crippen LogP contribution in [0.3, 0.4) is 0 Å². The molecule has 0 radical (unpaired) electrons. The molecule has 0 atom stereocenters. The van der Waals surface area contributed by atoms with Gasteiger partial charge in [-0.1, -0.05) is 13.3 Å². The molecule has 0 bridgehead atoms. The first-order valence-corrected chi connectivity index (χ1v) is 3.04. The Bertz CT molecular complexity index is 132. The lowest BCUT2D eigenvalue weighted by atomic mass is 10.1. The molecule has 0 rings (SSSR count). The van der Waals surface area contributed by atoms with Crippen LogP contribution in [-0.2, 0) is 9.59 Å². The summed E-state index contributed by atoms with van der Waals surface area (Å²) in [5.41, 5.74) is 0.247. The molecule has 0 aliphatic carbocycles. The highest BCUT2D eigenvalue weighted by atomic mass is 16.1. The summed E-state index contributed by atoms with van der Waals surface area (Å²) in [6.07, 6.45) is 3.04. The summed E-state index contributed by atoms with van der Waals surface area (Å²) in [6.45, 7) is 2.01. The molecule has 0 heterocycles. The zero-order valence-corrected chi connectivity index (χ0v) is 5.52. The molecule has 50 valence electrons. The Hall–Kier alpha value is -0.880. The van der Waals surface area contributed by atoms with Gasteiger partial charge in [-0.05, 0) is 12.8 Å². The Morgan fingerprint density at radius 2 is 2.33 bits per heavy atom. The van der Waals surface area contributed by atoms with Crippen molar-refractivity contribution in [3.8, 4) is 0 Å². The summed E-state index contributed by atoms with van der Waals surface area (Å²) in [5.74, 6) is 1.59. The fraction of sp³-hybridized carbons (Fsp3) is 0.571. The standard InChI is InChI=1S/C7H10O2/c1-2-3-4-7(5-8)6-9/h5H,2-4H2,1H3. The van der Waals surface area contributed by atoms with Crippen LogP contribution < -0.4 is 0 Å². The van der Waals surface area contributed by atoms with Gasteiger partial charge in [-0.3, -0.25) is 4.79 Å². The Balaban J connectivity index is 3.58. The van der Waals surface area contributed by atoms with Crippen LogP contribution in [0.4, 0.5) is 0 Å². The average Bonchev–Trinajstić information content (AvgIpc) is 1.91. The first kappa shape index (κ1) is 8.12. The molecule has 9 heavy (non-hydrogen) atoms. The van der Waals surface area contributed by atoms with Crippen molar-refractivity contribution in [2.45, 2.75) is 26.2 Å². The fourth-order valence-corrected chi connectivity index (χ4v) is 0.501. The van der Waals surface area contributed by atoms with Gasteiger partial charge < -0.3 is 0 Å². The minimum atomic E-state index is 0.247. The van der Waals surface area contributed by atoms with Gasteiger partial charge in [0.2, 0.25) is 0 Å². The number of hydrogen-bond donors (Lipinski definition) is 0. The van der Waals surface area contributed by atoms with Gasteiger partial charge in [0.05, 0.1) is 5.57 Å². The van der Waals surface area contributed by atoms with Crippen molar-refractivity contribution in [3.05, 3.63) is 5.57 Å². The van der Waals surface area contributed by atoms with Crippen molar-refractivity contribution < 1.29 is 9.59 Å². The summed E-state index contributed by atoms with van der Waals surface area (Å²) in [7, 11) is 0. The van der Waals surface area contributed by atoms with Gasteiger partial charge in [-0.2, -0.15) is 0 Å². The summed E-state index contributed by atoms with van der Waals surface area (Å²) in [6, 6.07) is 0. The highest BCUT2D eigenvalue weighted by Gasteiger charge is 1.92. The van der Waals surface area contributed by atoms with E-state index in [1.54, 1.807) is 5.94 Å². The lowest BCUT2D eigenvalue weighted by Crippen LogP contribution is -1.84. The maximum absolute atomic E-state index is 9.94. The predicted molar refractivity (Wildman–Crippen MR) is 34.8 cm³/mol. The lowest BCUT2D eigenvalue weighted by Gasteiger charge is -1.88. The normalized spacial score (nSPS) is 8.11. The van der Waals surface area contributed by atoms with Crippen LogP contribution in [0.25, 0.3) is 0 Å². The minimum Gasteiger partial charge on any atom is -0.297 e. The third-order valence-corrected chi connectivity index (χ3v) is 1.07. The zero-order chi connectivity index (χ0) is 7.11. The molecule has 0 saturated heterocycles. The second-order valence-electron chi connectivity index (χ2n) is 1.85. The molecule has 0 fully saturated rings. The highest BCUT2D eigenvalue weighted by Crippen LogP contribution is 1.99. The van der Waals surface area contributed by atoms with Crippen LogP contribution in [0, 0.1) is 0 Å². The largest absolute Gasteiger partial charge is 0.297 e. The third-order valence-electron chi connectivity index (χ3n) is 1.07. The molecule has 0 aliphatic heterocycles. The second kappa shape index (κ2) is 5.26. The van der Waals surface area contributed by atoms with Gasteiger partial charge in [-0.25, -0.2) is 4.79 Å². The van der Waals surface area contributed by atoms with Crippen molar-refractivity contribution in [2.24, 2.45) is 0 Å². The van der Waals surface area contributed by atoms with Crippen LogP contribution in [-0.4, -0.2) is 12.2 Å². The lowest BCUT2D eigenvalue weighted by molar-refractivity contribution is -0.104. The zero-order valence-electron chi connectivity index (χ0n) is 5.52. The quantitative estimate of drug-likeness (QED) is 0.321.